The second-order valence-electron chi connectivity index (χ2n) is 20.7. The van der Waals surface area contributed by atoms with Crippen LogP contribution in [0.4, 0.5) is 0 Å². The summed E-state index contributed by atoms with van der Waals surface area (Å²) in [5.41, 5.74) is 0. The molecule has 9 heteroatoms. The summed E-state index contributed by atoms with van der Waals surface area (Å²) in [6.07, 6.45) is 63.2. The van der Waals surface area contributed by atoms with Crippen molar-refractivity contribution >= 4 is 13.8 Å². The second kappa shape index (κ2) is 51.1. The Morgan fingerprint density at radius 3 is 1.22 bits per heavy atom. The van der Waals surface area contributed by atoms with Gasteiger partial charge in [0, 0.05) is 13.0 Å². The number of phosphoric acid groups is 1. The van der Waals surface area contributed by atoms with E-state index in [2.05, 4.69) is 50.3 Å². The molecule has 0 aromatic carbocycles. The Bertz CT molecular complexity index is 1170. The molecular weight excluding hydrogens is 854 g/mol. The maximum atomic E-state index is 12.8. The van der Waals surface area contributed by atoms with Gasteiger partial charge in [0.1, 0.15) is 19.3 Å². The van der Waals surface area contributed by atoms with Crippen molar-refractivity contribution in [1.82, 2.24) is 0 Å². The van der Waals surface area contributed by atoms with Crippen LogP contribution in [0.15, 0.2) is 36.5 Å². The van der Waals surface area contributed by atoms with Gasteiger partial charge in [-0.05, 0) is 51.4 Å². The van der Waals surface area contributed by atoms with Gasteiger partial charge < -0.3 is 27.9 Å². The number of nitrogens with zero attached hydrogens (tertiary/aromatic N) is 1. The fraction of sp³-hybridized carbons (Fsp3) is 0.879. The molecule has 396 valence electrons. The average Bonchev–Trinajstić information content (AvgIpc) is 3.29. The number of ether oxygens (including phenoxy) is 2. The summed E-state index contributed by atoms with van der Waals surface area (Å²) in [5, 5.41) is 0. The van der Waals surface area contributed by atoms with Crippen LogP contribution in [0.5, 0.6) is 0 Å². The number of unbranched alkanes of at least 4 members (excludes halogenated alkanes) is 34. The van der Waals surface area contributed by atoms with Gasteiger partial charge in [0.05, 0.1) is 34.4 Å². The van der Waals surface area contributed by atoms with E-state index < -0.39 is 13.9 Å². The molecule has 0 bridgehead atoms. The maximum absolute atomic E-state index is 12.8. The number of rotatable bonds is 54. The Labute approximate surface area is 416 Å². The van der Waals surface area contributed by atoms with Crippen LogP contribution in [0, 0.1) is 0 Å². The van der Waals surface area contributed by atoms with Crippen molar-refractivity contribution in [3.05, 3.63) is 36.5 Å². The third-order valence-electron chi connectivity index (χ3n) is 12.7. The monoisotopic (exact) mass is 966 g/mol. The molecule has 0 aromatic heterocycles. The number of hydrogen-bond donors (Lipinski definition) is 0. The summed E-state index contributed by atoms with van der Waals surface area (Å²) >= 11 is 0. The molecule has 0 amide bonds. The standard InChI is InChI=1S/C58H112NO7P/c1-6-8-10-12-14-16-18-20-22-24-26-28-29-30-32-34-36-38-40-42-44-46-48-50-53-63-55-57(56-65-67(61,62)64-54-52-59(3,4)5)66-58(60)51-49-47-45-43-41-39-37-35-33-31-27-25-23-21-19-17-15-13-11-9-7-2/h18,20,24,26,29-30,57H,6-17,19,21-23,25,27-28,31-56H2,1-5H3/b20-18-,26-24-,30-29-. The molecule has 0 N–H and O–H groups in total. The predicted molar refractivity (Wildman–Crippen MR) is 287 cm³/mol. The van der Waals surface area contributed by atoms with E-state index in [0.29, 0.717) is 24.1 Å². The molecule has 0 aliphatic rings. The van der Waals surface area contributed by atoms with Crippen LogP contribution >= 0.6 is 7.82 Å². The topological polar surface area (TPSA) is 94.1 Å². The van der Waals surface area contributed by atoms with E-state index >= 15 is 0 Å². The first kappa shape index (κ1) is 65.7. The number of likely N-dealkylation sites (N-methyl/N-ethyl adjacent to an activating group) is 1. The van der Waals surface area contributed by atoms with Crippen molar-refractivity contribution in [1.29, 1.82) is 0 Å². The highest BCUT2D eigenvalue weighted by atomic mass is 31.2. The van der Waals surface area contributed by atoms with Crippen LogP contribution in [-0.2, 0) is 27.9 Å². The van der Waals surface area contributed by atoms with Crippen LogP contribution in [0.3, 0.4) is 0 Å². The smallest absolute Gasteiger partial charge is 0.306 e. The van der Waals surface area contributed by atoms with Crippen molar-refractivity contribution in [3.63, 3.8) is 0 Å². The Morgan fingerprint density at radius 1 is 0.463 bits per heavy atom. The average molecular weight is 967 g/mol. The van der Waals surface area contributed by atoms with E-state index in [0.717, 1.165) is 44.9 Å². The highest BCUT2D eigenvalue weighted by Crippen LogP contribution is 2.38. The molecule has 0 spiro atoms. The largest absolute Gasteiger partial charge is 0.756 e. The molecule has 0 radical (unpaired) electrons. The Morgan fingerprint density at radius 2 is 0.821 bits per heavy atom. The summed E-state index contributed by atoms with van der Waals surface area (Å²) in [6, 6.07) is 0. The van der Waals surface area contributed by atoms with Crippen molar-refractivity contribution in [3.8, 4) is 0 Å². The number of phosphoric ester groups is 1. The van der Waals surface area contributed by atoms with Gasteiger partial charge in [-0.2, -0.15) is 0 Å². The molecule has 67 heavy (non-hydrogen) atoms. The predicted octanol–water partition coefficient (Wildman–Crippen LogP) is 17.4. The van der Waals surface area contributed by atoms with Gasteiger partial charge in [-0.1, -0.05) is 249 Å². The highest BCUT2D eigenvalue weighted by molar-refractivity contribution is 7.45. The number of carbonyl (C=O) groups is 1. The minimum Gasteiger partial charge on any atom is -0.756 e. The van der Waals surface area contributed by atoms with E-state index in [1.807, 2.05) is 21.1 Å². The molecule has 0 aromatic rings. The summed E-state index contributed by atoms with van der Waals surface area (Å²) in [6.45, 7) is 5.44. The lowest BCUT2D eigenvalue weighted by Crippen LogP contribution is -2.37. The fourth-order valence-corrected chi connectivity index (χ4v) is 8.99. The number of hydrogen-bond acceptors (Lipinski definition) is 7. The SMILES string of the molecule is CCCCCCC/C=C\C/C=C\C/C=C\CCCCCCCCCCCOCC(COP(=O)([O-])OCC[N+](C)(C)C)OC(=O)CCCCCCCCCCCCCCCCCCCCCCC. The molecule has 0 saturated carbocycles. The second-order valence-corrected chi connectivity index (χ2v) is 22.1. The van der Waals surface area contributed by atoms with Gasteiger partial charge in [-0.15, -0.1) is 0 Å². The minimum atomic E-state index is -4.53. The van der Waals surface area contributed by atoms with E-state index in [9.17, 15) is 14.3 Å². The van der Waals surface area contributed by atoms with Crippen LogP contribution in [-0.4, -0.2) is 70.7 Å². The van der Waals surface area contributed by atoms with E-state index in [4.69, 9.17) is 18.5 Å². The summed E-state index contributed by atoms with van der Waals surface area (Å²) < 4.78 is 34.9. The molecule has 0 fully saturated rings. The normalized spacial score (nSPS) is 13.7. The zero-order valence-corrected chi connectivity index (χ0v) is 46.0. The summed E-state index contributed by atoms with van der Waals surface area (Å²) in [5.74, 6) is -0.330. The van der Waals surface area contributed by atoms with Gasteiger partial charge in [0.25, 0.3) is 7.82 Å². The number of esters is 1. The number of carbonyl (C=O) groups excluding carboxylic acids is 1. The van der Waals surface area contributed by atoms with Crippen molar-refractivity contribution < 1.29 is 37.3 Å². The van der Waals surface area contributed by atoms with Gasteiger partial charge >= 0.3 is 5.97 Å². The van der Waals surface area contributed by atoms with Crippen molar-refractivity contribution in [2.24, 2.45) is 0 Å². The summed E-state index contributed by atoms with van der Waals surface area (Å²) in [4.78, 5) is 25.3. The quantitative estimate of drug-likeness (QED) is 0.0197. The fourth-order valence-electron chi connectivity index (χ4n) is 8.26. The van der Waals surface area contributed by atoms with E-state index in [1.165, 1.54) is 205 Å². The molecule has 0 aliphatic carbocycles. The van der Waals surface area contributed by atoms with E-state index in [1.54, 1.807) is 0 Å². The van der Waals surface area contributed by atoms with Crippen LogP contribution in [0.1, 0.15) is 271 Å². The lowest BCUT2D eigenvalue weighted by molar-refractivity contribution is -0.870. The van der Waals surface area contributed by atoms with Crippen molar-refractivity contribution in [2.75, 3.05) is 54.1 Å². The van der Waals surface area contributed by atoms with Crippen LogP contribution in [0.25, 0.3) is 0 Å². The van der Waals surface area contributed by atoms with Gasteiger partial charge in [-0.25, -0.2) is 0 Å². The molecule has 0 rings (SSSR count). The van der Waals surface area contributed by atoms with Gasteiger partial charge in [0.2, 0.25) is 0 Å². The van der Waals surface area contributed by atoms with Crippen LogP contribution < -0.4 is 4.89 Å². The Hall–Kier alpha value is -1.28. The molecule has 8 nitrogen and oxygen atoms in total. The molecule has 0 aliphatic heterocycles. The lowest BCUT2D eigenvalue weighted by Gasteiger charge is -2.28. The maximum Gasteiger partial charge on any atom is 0.306 e. The van der Waals surface area contributed by atoms with Crippen molar-refractivity contribution in [2.45, 2.75) is 277 Å². The Balaban J connectivity index is 4.07. The van der Waals surface area contributed by atoms with Crippen LogP contribution in [0.2, 0.25) is 0 Å². The lowest BCUT2D eigenvalue weighted by atomic mass is 10.0. The third-order valence-corrected chi connectivity index (χ3v) is 13.7. The number of allylic oxidation sites excluding steroid dienone is 6. The Kier molecular flexibility index (Phi) is 50.1. The van der Waals surface area contributed by atoms with E-state index in [-0.39, 0.29) is 25.8 Å². The molecule has 2 unspecified atom stereocenters. The molecular formula is C58H112NO7P. The molecule has 0 heterocycles. The first-order valence-corrected chi connectivity index (χ1v) is 30.2. The minimum absolute atomic E-state index is 0.0264. The highest BCUT2D eigenvalue weighted by Gasteiger charge is 2.20. The number of quaternary nitrogens is 1. The molecule has 0 saturated heterocycles. The summed E-state index contributed by atoms with van der Waals surface area (Å²) in [7, 11) is 1.36. The zero-order chi connectivity index (χ0) is 49.0. The third kappa shape index (κ3) is 55.5. The first-order chi connectivity index (χ1) is 32.6. The van der Waals surface area contributed by atoms with Gasteiger partial charge in [0.15, 0.2) is 0 Å². The van der Waals surface area contributed by atoms with Gasteiger partial charge in [-0.3, -0.25) is 9.36 Å². The first-order valence-electron chi connectivity index (χ1n) is 28.7. The molecule has 2 atom stereocenters. The zero-order valence-electron chi connectivity index (χ0n) is 45.1.